The fraction of sp³-hybridized carbons (Fsp3) is 0.250. The summed E-state index contributed by atoms with van der Waals surface area (Å²) in [5, 5.41) is 0. The molecule has 0 fully saturated rings. The molecule has 0 unspecified atom stereocenters. The van der Waals surface area contributed by atoms with Crippen molar-refractivity contribution >= 4 is 9.84 Å². The van der Waals surface area contributed by atoms with Gasteiger partial charge in [0.1, 0.15) is 23.0 Å². The van der Waals surface area contributed by atoms with Crippen molar-refractivity contribution in [3.05, 3.63) is 108 Å². The number of benzene rings is 4. The van der Waals surface area contributed by atoms with E-state index in [9.17, 15) is 8.42 Å². The molecular formula is C32H34O4S. The lowest BCUT2D eigenvalue weighted by atomic mass is 10.1. The van der Waals surface area contributed by atoms with Gasteiger partial charge in [-0.05, 0) is 110 Å². The monoisotopic (exact) mass is 514 g/mol. The highest BCUT2D eigenvalue weighted by Gasteiger charge is 2.18. The number of hydrogen-bond acceptors (Lipinski definition) is 4. The Morgan fingerprint density at radius 1 is 0.486 bits per heavy atom. The standard InChI is InChI=1S/C32H34O4S/c1-3-5-7-25-9-13-27(14-10-25)35-29-17-21-31(22-18-29)37(33,34)32-23-19-30(20-24-32)36-28-15-11-26(12-16-28)8-6-4-2/h9-24H,3-8H2,1-2H3. The Hall–Kier alpha value is -3.57. The first-order valence-electron chi connectivity index (χ1n) is 13.0. The van der Waals surface area contributed by atoms with Gasteiger partial charge in [0.05, 0.1) is 9.79 Å². The smallest absolute Gasteiger partial charge is 0.206 e. The molecule has 0 aromatic heterocycles. The van der Waals surface area contributed by atoms with E-state index in [1.165, 1.54) is 36.8 Å². The average molecular weight is 515 g/mol. The lowest BCUT2D eigenvalue weighted by Gasteiger charge is -2.10. The second-order valence-electron chi connectivity index (χ2n) is 9.15. The van der Waals surface area contributed by atoms with Crippen LogP contribution >= 0.6 is 0 Å². The van der Waals surface area contributed by atoms with E-state index in [0.29, 0.717) is 11.5 Å². The van der Waals surface area contributed by atoms with Gasteiger partial charge in [-0.25, -0.2) is 8.42 Å². The molecule has 4 nitrogen and oxygen atoms in total. The minimum Gasteiger partial charge on any atom is -0.457 e. The van der Waals surface area contributed by atoms with E-state index in [1.807, 2.05) is 24.3 Å². The zero-order chi connectivity index (χ0) is 26.1. The first kappa shape index (κ1) is 26.5. The summed E-state index contributed by atoms with van der Waals surface area (Å²) < 4.78 is 38.1. The van der Waals surface area contributed by atoms with Crippen LogP contribution in [0, 0.1) is 0 Å². The van der Waals surface area contributed by atoms with Crippen LogP contribution in [-0.2, 0) is 22.7 Å². The Morgan fingerprint density at radius 2 is 0.784 bits per heavy atom. The van der Waals surface area contributed by atoms with Crippen molar-refractivity contribution in [3.63, 3.8) is 0 Å². The van der Waals surface area contributed by atoms with Crippen molar-refractivity contribution in [1.82, 2.24) is 0 Å². The Morgan fingerprint density at radius 3 is 1.08 bits per heavy atom. The molecule has 4 rings (SSSR count). The van der Waals surface area contributed by atoms with Crippen LogP contribution in [0.25, 0.3) is 0 Å². The highest BCUT2D eigenvalue weighted by Crippen LogP contribution is 2.29. The molecule has 4 aromatic rings. The fourth-order valence-corrected chi connectivity index (χ4v) is 5.25. The lowest BCUT2D eigenvalue weighted by molar-refractivity contribution is 0.482. The third-order valence-electron chi connectivity index (χ3n) is 6.22. The van der Waals surface area contributed by atoms with Crippen molar-refractivity contribution in [2.45, 2.75) is 62.2 Å². The van der Waals surface area contributed by atoms with Gasteiger partial charge in [-0.2, -0.15) is 0 Å². The van der Waals surface area contributed by atoms with Gasteiger partial charge in [0.2, 0.25) is 9.84 Å². The molecule has 0 saturated carbocycles. The van der Waals surface area contributed by atoms with Crippen LogP contribution in [-0.4, -0.2) is 8.42 Å². The maximum Gasteiger partial charge on any atom is 0.206 e. The van der Waals surface area contributed by atoms with Gasteiger partial charge < -0.3 is 9.47 Å². The SMILES string of the molecule is CCCCc1ccc(Oc2ccc(S(=O)(=O)c3ccc(Oc4ccc(CCCC)cc4)cc3)cc2)cc1. The molecule has 0 aliphatic carbocycles. The number of unbranched alkanes of at least 4 members (excludes halogenated alkanes) is 2. The number of ether oxygens (including phenoxy) is 2. The lowest BCUT2D eigenvalue weighted by Crippen LogP contribution is -2.01. The molecule has 4 aromatic carbocycles. The van der Waals surface area contributed by atoms with Gasteiger partial charge in [-0.1, -0.05) is 51.0 Å². The molecule has 5 heteroatoms. The van der Waals surface area contributed by atoms with Crippen LogP contribution < -0.4 is 9.47 Å². The van der Waals surface area contributed by atoms with Gasteiger partial charge in [0, 0.05) is 0 Å². The molecular weight excluding hydrogens is 480 g/mol. The average Bonchev–Trinajstić information content (AvgIpc) is 2.93. The minimum atomic E-state index is -3.66. The zero-order valence-corrected chi connectivity index (χ0v) is 22.3. The van der Waals surface area contributed by atoms with Crippen LogP contribution in [0.4, 0.5) is 0 Å². The van der Waals surface area contributed by atoms with Crippen molar-refractivity contribution < 1.29 is 17.9 Å². The van der Waals surface area contributed by atoms with Crippen LogP contribution in [0.3, 0.4) is 0 Å². The quantitative estimate of drug-likeness (QED) is 0.190. The molecule has 0 spiro atoms. The summed E-state index contributed by atoms with van der Waals surface area (Å²) >= 11 is 0. The topological polar surface area (TPSA) is 52.6 Å². The van der Waals surface area contributed by atoms with Crippen molar-refractivity contribution in [2.75, 3.05) is 0 Å². The van der Waals surface area contributed by atoms with E-state index < -0.39 is 9.84 Å². The Balaban J connectivity index is 1.38. The molecule has 0 N–H and O–H groups in total. The highest BCUT2D eigenvalue weighted by molar-refractivity contribution is 7.91. The molecule has 0 amide bonds. The van der Waals surface area contributed by atoms with Crippen molar-refractivity contribution in [1.29, 1.82) is 0 Å². The summed E-state index contributed by atoms with van der Waals surface area (Å²) in [4.78, 5) is 0.428. The minimum absolute atomic E-state index is 0.214. The van der Waals surface area contributed by atoms with Gasteiger partial charge in [0.25, 0.3) is 0 Å². The zero-order valence-electron chi connectivity index (χ0n) is 21.5. The summed E-state index contributed by atoms with van der Waals surface area (Å²) in [5.41, 5.74) is 2.57. The van der Waals surface area contributed by atoms with Crippen LogP contribution in [0.2, 0.25) is 0 Å². The second-order valence-corrected chi connectivity index (χ2v) is 11.1. The Labute approximate surface area is 220 Å². The molecule has 0 aliphatic rings. The molecule has 0 bridgehead atoms. The van der Waals surface area contributed by atoms with Gasteiger partial charge >= 0.3 is 0 Å². The van der Waals surface area contributed by atoms with E-state index in [4.69, 9.17) is 9.47 Å². The molecule has 192 valence electrons. The van der Waals surface area contributed by atoms with Gasteiger partial charge in [0.15, 0.2) is 0 Å². The summed E-state index contributed by atoms with van der Waals surface area (Å²) in [6, 6.07) is 29.1. The molecule has 0 atom stereocenters. The molecule has 0 saturated heterocycles. The van der Waals surface area contributed by atoms with Crippen molar-refractivity contribution in [2.24, 2.45) is 0 Å². The van der Waals surface area contributed by atoms with E-state index in [2.05, 4.69) is 38.1 Å². The molecule has 0 aliphatic heterocycles. The number of aryl methyl sites for hydroxylation is 2. The summed E-state index contributed by atoms with van der Waals surface area (Å²) in [6.07, 6.45) is 6.78. The first-order chi connectivity index (χ1) is 18.0. The highest BCUT2D eigenvalue weighted by atomic mass is 32.2. The first-order valence-corrected chi connectivity index (χ1v) is 14.4. The van der Waals surface area contributed by atoms with Crippen LogP contribution in [0.5, 0.6) is 23.0 Å². The summed E-state index contributed by atoms with van der Waals surface area (Å²) in [6.45, 7) is 4.36. The summed E-state index contributed by atoms with van der Waals surface area (Å²) in [7, 11) is -3.66. The third kappa shape index (κ3) is 7.23. The maximum atomic E-state index is 13.1. The summed E-state index contributed by atoms with van der Waals surface area (Å²) in [5.74, 6) is 2.62. The molecule has 37 heavy (non-hydrogen) atoms. The van der Waals surface area contributed by atoms with E-state index >= 15 is 0 Å². The predicted octanol–water partition coefficient (Wildman–Crippen LogP) is 8.79. The van der Waals surface area contributed by atoms with Gasteiger partial charge in [-0.15, -0.1) is 0 Å². The van der Waals surface area contributed by atoms with E-state index in [-0.39, 0.29) is 9.79 Å². The fourth-order valence-electron chi connectivity index (χ4n) is 3.99. The normalized spacial score (nSPS) is 11.3. The third-order valence-corrected chi connectivity index (χ3v) is 8.01. The second kappa shape index (κ2) is 12.6. The largest absolute Gasteiger partial charge is 0.457 e. The number of sulfone groups is 1. The molecule has 0 heterocycles. The van der Waals surface area contributed by atoms with Gasteiger partial charge in [-0.3, -0.25) is 0 Å². The van der Waals surface area contributed by atoms with E-state index in [0.717, 1.165) is 24.3 Å². The predicted molar refractivity (Wildman–Crippen MR) is 149 cm³/mol. The van der Waals surface area contributed by atoms with E-state index in [1.54, 1.807) is 48.5 Å². The molecule has 0 radical (unpaired) electrons. The number of hydrogen-bond donors (Lipinski definition) is 0. The van der Waals surface area contributed by atoms with Crippen molar-refractivity contribution in [3.8, 4) is 23.0 Å². The maximum absolute atomic E-state index is 13.1. The van der Waals surface area contributed by atoms with Crippen LogP contribution in [0.15, 0.2) is 107 Å². The number of rotatable bonds is 12. The van der Waals surface area contributed by atoms with Crippen LogP contribution in [0.1, 0.15) is 50.7 Å². The Bertz CT molecular complexity index is 1250. The Kier molecular flexibility index (Phi) is 9.02.